The number of pyridine rings is 1. The number of hydrogen-bond acceptors (Lipinski definition) is 3. The first-order chi connectivity index (χ1) is 11.6. The smallest absolute Gasteiger partial charge is 0.262 e. The first kappa shape index (κ1) is 17.4. The molecule has 1 aromatic carbocycles. The van der Waals surface area contributed by atoms with E-state index in [0.29, 0.717) is 18.7 Å². The molecule has 0 radical (unpaired) electrons. The van der Waals surface area contributed by atoms with E-state index in [2.05, 4.69) is 20.9 Å². The molecule has 0 atom stereocenters. The van der Waals surface area contributed by atoms with Gasteiger partial charge in [-0.3, -0.25) is 12.3 Å². The van der Waals surface area contributed by atoms with Crippen molar-refractivity contribution in [3.05, 3.63) is 58.8 Å². The Kier molecular flexibility index (Phi) is 5.52. The van der Waals surface area contributed by atoms with Crippen molar-refractivity contribution in [2.45, 2.75) is 6.42 Å². The van der Waals surface area contributed by atoms with Gasteiger partial charge in [-0.05, 0) is 53.2 Å². The summed E-state index contributed by atoms with van der Waals surface area (Å²) in [6.45, 7) is 1.23. The summed E-state index contributed by atoms with van der Waals surface area (Å²) in [5.41, 5.74) is 9.04. The van der Waals surface area contributed by atoms with E-state index < -0.39 is 0 Å². The van der Waals surface area contributed by atoms with E-state index in [1.54, 1.807) is 3.11 Å². The Hall–Kier alpha value is -1.45. The van der Waals surface area contributed by atoms with Crippen LogP contribution in [0.5, 0.6) is 0 Å². The summed E-state index contributed by atoms with van der Waals surface area (Å²) in [6, 6.07) is 11.5. The minimum atomic E-state index is -0.00325. The molecular weight excluding hydrogens is 483 g/mol. The molecule has 2 heterocycles. The number of nitrogens with zero attached hydrogens (tertiary/aromatic N) is 3. The van der Waals surface area contributed by atoms with E-state index >= 15 is 0 Å². The van der Waals surface area contributed by atoms with Crippen LogP contribution in [0.25, 0.3) is 16.9 Å². The number of aromatic nitrogens is 2. The summed E-state index contributed by atoms with van der Waals surface area (Å²) in [6.07, 6.45) is 4.62. The average Bonchev–Trinajstić information content (AvgIpc) is 3.02. The van der Waals surface area contributed by atoms with Crippen molar-refractivity contribution in [2.24, 2.45) is 5.73 Å². The monoisotopic (exact) mass is 498 g/mol. The molecule has 24 heavy (non-hydrogen) atoms. The zero-order valence-corrected chi connectivity index (χ0v) is 16.6. The number of benzene rings is 1. The molecule has 0 saturated heterocycles. The van der Waals surface area contributed by atoms with E-state index in [1.165, 1.54) is 0 Å². The molecule has 0 aliphatic rings. The van der Waals surface area contributed by atoms with E-state index in [-0.39, 0.29) is 5.91 Å². The molecule has 2 aromatic heterocycles. The van der Waals surface area contributed by atoms with Gasteiger partial charge in [0.1, 0.15) is 5.65 Å². The van der Waals surface area contributed by atoms with Crippen LogP contribution in [0.2, 0.25) is 0 Å². The summed E-state index contributed by atoms with van der Waals surface area (Å²) in [7, 11) is 0. The zero-order chi connectivity index (χ0) is 17.1. The maximum atomic E-state index is 12.4. The molecule has 0 bridgehead atoms. The second kappa shape index (κ2) is 7.62. The van der Waals surface area contributed by atoms with Gasteiger partial charge in [0, 0.05) is 28.3 Å². The standard InChI is InChI=1S/C17H16BrIN4O/c18-14-6-7-16-21-10-15(22(16)11-14)12-2-4-13(5-3-12)17(24)23(19)9-1-8-20/h2-7,10-11H,1,8-9,20H2. The second-order valence-corrected chi connectivity index (χ2v) is 7.41. The SMILES string of the molecule is NCCCN(I)C(=O)c1ccc(-c2cnc3ccc(Br)cn23)cc1. The van der Waals surface area contributed by atoms with Crippen molar-refractivity contribution < 1.29 is 4.79 Å². The van der Waals surface area contributed by atoms with Crippen molar-refractivity contribution in [1.82, 2.24) is 12.5 Å². The summed E-state index contributed by atoms with van der Waals surface area (Å²) in [5, 5.41) is 0. The molecule has 5 nitrogen and oxygen atoms in total. The highest BCUT2D eigenvalue weighted by molar-refractivity contribution is 14.1. The fraction of sp³-hybridized carbons (Fsp3) is 0.176. The van der Waals surface area contributed by atoms with Gasteiger partial charge >= 0.3 is 0 Å². The van der Waals surface area contributed by atoms with Crippen LogP contribution >= 0.6 is 38.8 Å². The maximum Gasteiger partial charge on any atom is 0.262 e. The Bertz CT molecular complexity index is 863. The predicted molar refractivity (Wildman–Crippen MR) is 107 cm³/mol. The van der Waals surface area contributed by atoms with Gasteiger partial charge in [0.25, 0.3) is 5.91 Å². The Morgan fingerprint density at radius 1 is 1.25 bits per heavy atom. The molecule has 1 amide bonds. The van der Waals surface area contributed by atoms with Crippen LogP contribution in [0, 0.1) is 0 Å². The molecule has 0 saturated carbocycles. The molecule has 0 spiro atoms. The summed E-state index contributed by atoms with van der Waals surface area (Å²) in [5.74, 6) is -0.00325. The van der Waals surface area contributed by atoms with Crippen LogP contribution in [0.3, 0.4) is 0 Å². The highest BCUT2D eigenvalue weighted by Crippen LogP contribution is 2.23. The van der Waals surface area contributed by atoms with Gasteiger partial charge in [0.15, 0.2) is 0 Å². The third-order valence-corrected chi connectivity index (χ3v) is 5.07. The molecule has 0 aliphatic carbocycles. The van der Waals surface area contributed by atoms with E-state index in [4.69, 9.17) is 5.73 Å². The summed E-state index contributed by atoms with van der Waals surface area (Å²) < 4.78 is 4.68. The summed E-state index contributed by atoms with van der Waals surface area (Å²) in [4.78, 5) is 16.8. The largest absolute Gasteiger partial charge is 0.330 e. The molecule has 7 heteroatoms. The van der Waals surface area contributed by atoms with Gasteiger partial charge in [-0.1, -0.05) is 12.1 Å². The third-order valence-electron chi connectivity index (χ3n) is 3.68. The van der Waals surface area contributed by atoms with E-state index in [9.17, 15) is 4.79 Å². The minimum absolute atomic E-state index is 0.00325. The molecule has 0 aliphatic heterocycles. The molecular formula is C17H16BrIN4O. The van der Waals surface area contributed by atoms with Crippen molar-refractivity contribution >= 4 is 50.3 Å². The number of halogens is 2. The topological polar surface area (TPSA) is 63.6 Å². The number of amides is 1. The molecule has 3 rings (SSSR count). The Balaban J connectivity index is 1.86. The van der Waals surface area contributed by atoms with Crippen LogP contribution in [0.15, 0.2) is 53.3 Å². The van der Waals surface area contributed by atoms with Crippen molar-refractivity contribution in [1.29, 1.82) is 0 Å². The second-order valence-electron chi connectivity index (χ2n) is 5.33. The number of fused-ring (bicyclic) bond motifs is 1. The van der Waals surface area contributed by atoms with Crippen molar-refractivity contribution in [3.8, 4) is 11.3 Å². The molecule has 124 valence electrons. The number of carbonyl (C=O) groups is 1. The minimum Gasteiger partial charge on any atom is -0.330 e. The molecule has 2 N–H and O–H groups in total. The highest BCUT2D eigenvalue weighted by atomic mass is 127. The zero-order valence-electron chi connectivity index (χ0n) is 12.8. The lowest BCUT2D eigenvalue weighted by molar-refractivity contribution is 0.0888. The van der Waals surface area contributed by atoms with Crippen LogP contribution < -0.4 is 5.73 Å². The van der Waals surface area contributed by atoms with Gasteiger partial charge in [0.2, 0.25) is 0 Å². The Labute approximate surface area is 162 Å². The van der Waals surface area contributed by atoms with Crippen molar-refractivity contribution in [2.75, 3.05) is 13.1 Å². The molecule has 3 aromatic rings. The van der Waals surface area contributed by atoms with Crippen LogP contribution in [0.1, 0.15) is 16.8 Å². The number of imidazole rings is 1. The van der Waals surface area contributed by atoms with Gasteiger partial charge in [0.05, 0.1) is 34.8 Å². The first-order valence-corrected chi connectivity index (χ1v) is 9.26. The lowest BCUT2D eigenvalue weighted by Gasteiger charge is -2.14. The number of rotatable bonds is 5. The predicted octanol–water partition coefficient (Wildman–Crippen LogP) is 3.90. The van der Waals surface area contributed by atoms with E-state index in [1.807, 2.05) is 76.1 Å². The summed E-state index contributed by atoms with van der Waals surface area (Å²) >= 11 is 5.52. The maximum absolute atomic E-state index is 12.4. The number of carbonyl (C=O) groups excluding carboxylic acids is 1. The van der Waals surface area contributed by atoms with Crippen LogP contribution in [0.4, 0.5) is 0 Å². The quantitative estimate of drug-likeness (QED) is 0.428. The normalized spacial score (nSPS) is 11.0. The van der Waals surface area contributed by atoms with Gasteiger partial charge in [-0.2, -0.15) is 0 Å². The third kappa shape index (κ3) is 3.62. The Morgan fingerprint density at radius 2 is 2.00 bits per heavy atom. The fourth-order valence-electron chi connectivity index (χ4n) is 2.42. The van der Waals surface area contributed by atoms with Crippen LogP contribution in [-0.2, 0) is 0 Å². The van der Waals surface area contributed by atoms with Crippen LogP contribution in [-0.4, -0.2) is 31.5 Å². The van der Waals surface area contributed by atoms with E-state index in [0.717, 1.165) is 27.8 Å². The molecule has 0 unspecified atom stereocenters. The Morgan fingerprint density at radius 3 is 2.71 bits per heavy atom. The molecule has 0 fully saturated rings. The van der Waals surface area contributed by atoms with Gasteiger partial charge in [-0.25, -0.2) is 4.98 Å². The van der Waals surface area contributed by atoms with Crippen molar-refractivity contribution in [3.63, 3.8) is 0 Å². The fourth-order valence-corrected chi connectivity index (χ4v) is 3.38. The van der Waals surface area contributed by atoms with Gasteiger partial charge < -0.3 is 5.73 Å². The first-order valence-electron chi connectivity index (χ1n) is 7.51. The number of nitrogens with two attached hydrogens (primary N) is 1. The number of hydrogen-bond donors (Lipinski definition) is 1. The lowest BCUT2D eigenvalue weighted by Crippen LogP contribution is -2.23. The lowest BCUT2D eigenvalue weighted by atomic mass is 10.1. The average molecular weight is 499 g/mol. The van der Waals surface area contributed by atoms with Gasteiger partial charge in [-0.15, -0.1) is 0 Å². The highest BCUT2D eigenvalue weighted by Gasteiger charge is 2.13.